The van der Waals surface area contributed by atoms with E-state index in [1.54, 1.807) is 0 Å². The van der Waals surface area contributed by atoms with Crippen LogP contribution < -0.4 is 0 Å². The minimum Gasteiger partial charge on any atom is -0.507 e. The van der Waals surface area contributed by atoms with Crippen molar-refractivity contribution >= 4 is 6.21 Å². The molecule has 0 aromatic rings. The van der Waals surface area contributed by atoms with Crippen LogP contribution in [0.1, 0.15) is 13.8 Å². The second-order valence-electron chi connectivity index (χ2n) is 1.68. The maximum atomic E-state index is 8.53. The average molecular weight is 125 g/mol. The Hall–Kier alpha value is -1.05. The normalized spacial score (nSPS) is 12.4. The summed E-state index contributed by atoms with van der Waals surface area (Å²) in [4.78, 5) is 3.83. The van der Waals surface area contributed by atoms with E-state index in [4.69, 9.17) is 5.11 Å². The molecule has 0 aromatic heterocycles. The van der Waals surface area contributed by atoms with Crippen LogP contribution in [0.2, 0.25) is 0 Å². The molecule has 0 rings (SSSR count). The summed E-state index contributed by atoms with van der Waals surface area (Å²) in [6.07, 6.45) is 3.16. The molecule has 0 heterocycles. The molecular weight excluding hydrogens is 114 g/mol. The zero-order valence-electron chi connectivity index (χ0n) is 5.76. The van der Waals surface area contributed by atoms with Crippen LogP contribution in [-0.4, -0.2) is 11.3 Å². The number of rotatable bonds is 2. The zero-order chi connectivity index (χ0) is 7.28. The Kier molecular flexibility index (Phi) is 3.44. The lowest BCUT2D eigenvalue weighted by Crippen LogP contribution is -1.77. The molecule has 0 saturated heterocycles. The number of hydrogen-bond donors (Lipinski definition) is 1. The molecule has 50 valence electrons. The fourth-order valence-electron chi connectivity index (χ4n) is 0.251. The highest BCUT2D eigenvalue weighted by molar-refractivity contribution is 5.75. The van der Waals surface area contributed by atoms with Crippen LogP contribution in [0, 0.1) is 0 Å². The second kappa shape index (κ2) is 3.89. The van der Waals surface area contributed by atoms with Gasteiger partial charge in [0.15, 0.2) is 0 Å². The maximum absolute atomic E-state index is 8.53. The van der Waals surface area contributed by atoms with Gasteiger partial charge in [0.1, 0.15) is 5.76 Å². The van der Waals surface area contributed by atoms with Crippen molar-refractivity contribution in [1.29, 1.82) is 0 Å². The fourth-order valence-corrected chi connectivity index (χ4v) is 0.251. The van der Waals surface area contributed by atoms with E-state index in [-0.39, 0.29) is 5.76 Å². The van der Waals surface area contributed by atoms with Crippen LogP contribution in [0.4, 0.5) is 0 Å². The summed E-state index contributed by atoms with van der Waals surface area (Å²) in [5.41, 5.74) is 0.866. The monoisotopic (exact) mass is 125 g/mol. The Morgan fingerprint density at radius 2 is 2.22 bits per heavy atom. The predicted molar refractivity (Wildman–Crippen MR) is 39.7 cm³/mol. The summed E-state index contributed by atoms with van der Waals surface area (Å²) in [7, 11) is 0. The average Bonchev–Trinajstić information content (AvgIpc) is 1.83. The van der Waals surface area contributed by atoms with Gasteiger partial charge in [-0.3, -0.25) is 4.99 Å². The Morgan fingerprint density at radius 1 is 1.67 bits per heavy atom. The van der Waals surface area contributed by atoms with Crippen molar-refractivity contribution in [1.82, 2.24) is 0 Å². The Bertz CT molecular complexity index is 156. The molecular formula is C7H11NO. The Morgan fingerprint density at radius 3 is 2.56 bits per heavy atom. The van der Waals surface area contributed by atoms with E-state index >= 15 is 0 Å². The molecule has 0 aliphatic rings. The molecule has 0 aliphatic carbocycles. The Balaban J connectivity index is 3.86. The van der Waals surface area contributed by atoms with Crippen LogP contribution in [0.15, 0.2) is 29.1 Å². The molecule has 1 N–H and O–H groups in total. The van der Waals surface area contributed by atoms with Crippen LogP contribution in [0.3, 0.4) is 0 Å². The minimum absolute atomic E-state index is 0.0174. The molecule has 0 radical (unpaired) electrons. The van der Waals surface area contributed by atoms with Crippen LogP contribution in [-0.2, 0) is 0 Å². The summed E-state index contributed by atoms with van der Waals surface area (Å²) >= 11 is 0. The lowest BCUT2D eigenvalue weighted by Gasteiger charge is -1.86. The van der Waals surface area contributed by atoms with Gasteiger partial charge in [-0.05, 0) is 13.8 Å². The first-order valence-corrected chi connectivity index (χ1v) is 2.71. The summed E-state index contributed by atoms with van der Waals surface area (Å²) in [5.74, 6) is -0.0174. The number of aliphatic hydroxyl groups is 1. The van der Waals surface area contributed by atoms with E-state index in [1.807, 2.05) is 19.9 Å². The smallest absolute Gasteiger partial charge is 0.126 e. The summed E-state index contributed by atoms with van der Waals surface area (Å²) in [6.45, 7) is 6.97. The van der Waals surface area contributed by atoms with Crippen molar-refractivity contribution in [3.05, 3.63) is 24.1 Å². The van der Waals surface area contributed by atoms with Gasteiger partial charge in [0, 0.05) is 5.70 Å². The van der Waals surface area contributed by atoms with Crippen molar-refractivity contribution in [3.8, 4) is 0 Å². The standard InChI is InChI=1S/C7H11NO/c1-4-6(2)8-5-7(3)9/h4-5,9H,3H2,1-2H3/b6-4-,8-5?. The number of nitrogens with zero attached hydrogens (tertiary/aromatic N) is 1. The lowest BCUT2D eigenvalue weighted by atomic mass is 10.5. The highest BCUT2D eigenvalue weighted by Crippen LogP contribution is 1.91. The van der Waals surface area contributed by atoms with Gasteiger partial charge in [0.25, 0.3) is 0 Å². The predicted octanol–water partition coefficient (Wildman–Crippen LogP) is 2.05. The van der Waals surface area contributed by atoms with Crippen LogP contribution in [0.25, 0.3) is 0 Å². The topological polar surface area (TPSA) is 32.6 Å². The number of aliphatic imine (C=N–C) groups is 1. The first-order valence-electron chi connectivity index (χ1n) is 2.71. The van der Waals surface area contributed by atoms with E-state index in [0.29, 0.717) is 0 Å². The van der Waals surface area contributed by atoms with Gasteiger partial charge in [-0.15, -0.1) is 0 Å². The van der Waals surface area contributed by atoms with Crippen LogP contribution in [0.5, 0.6) is 0 Å². The van der Waals surface area contributed by atoms with Crippen molar-refractivity contribution in [2.75, 3.05) is 0 Å². The molecule has 0 aliphatic heterocycles. The fraction of sp³-hybridized carbons (Fsp3) is 0.286. The van der Waals surface area contributed by atoms with Gasteiger partial charge < -0.3 is 5.11 Å². The van der Waals surface area contributed by atoms with E-state index in [1.165, 1.54) is 6.21 Å². The molecule has 0 fully saturated rings. The minimum atomic E-state index is -0.0174. The molecule has 0 saturated carbocycles. The maximum Gasteiger partial charge on any atom is 0.126 e. The van der Waals surface area contributed by atoms with Crippen molar-refractivity contribution in [2.45, 2.75) is 13.8 Å². The van der Waals surface area contributed by atoms with Gasteiger partial charge in [0.2, 0.25) is 0 Å². The Labute approximate surface area is 55.2 Å². The molecule has 9 heavy (non-hydrogen) atoms. The van der Waals surface area contributed by atoms with E-state index in [0.717, 1.165) is 5.70 Å². The van der Waals surface area contributed by atoms with Crippen LogP contribution >= 0.6 is 0 Å². The first-order chi connectivity index (χ1) is 4.16. The summed E-state index contributed by atoms with van der Waals surface area (Å²) in [6, 6.07) is 0. The molecule has 0 atom stereocenters. The van der Waals surface area contributed by atoms with E-state index in [2.05, 4.69) is 11.6 Å². The SMILES string of the molecule is C=C(O)C=N/C(C)=C\C. The molecule has 0 spiro atoms. The molecule has 0 unspecified atom stereocenters. The van der Waals surface area contributed by atoms with E-state index in [9.17, 15) is 0 Å². The van der Waals surface area contributed by atoms with Gasteiger partial charge in [-0.25, -0.2) is 0 Å². The molecule has 2 nitrogen and oxygen atoms in total. The largest absolute Gasteiger partial charge is 0.507 e. The summed E-state index contributed by atoms with van der Waals surface area (Å²) < 4.78 is 0. The quantitative estimate of drug-likeness (QED) is 0.444. The van der Waals surface area contributed by atoms with Gasteiger partial charge in [-0.1, -0.05) is 12.7 Å². The van der Waals surface area contributed by atoms with Gasteiger partial charge in [0.05, 0.1) is 6.21 Å². The zero-order valence-corrected chi connectivity index (χ0v) is 5.76. The molecule has 0 amide bonds. The molecule has 2 heteroatoms. The third-order valence-electron chi connectivity index (χ3n) is 0.835. The van der Waals surface area contributed by atoms with Gasteiger partial charge in [-0.2, -0.15) is 0 Å². The van der Waals surface area contributed by atoms with Crippen molar-refractivity contribution in [3.63, 3.8) is 0 Å². The van der Waals surface area contributed by atoms with Gasteiger partial charge >= 0.3 is 0 Å². The summed E-state index contributed by atoms with van der Waals surface area (Å²) in [5, 5.41) is 8.53. The lowest BCUT2D eigenvalue weighted by molar-refractivity contribution is 0.449. The number of hydrogen-bond acceptors (Lipinski definition) is 2. The first kappa shape index (κ1) is 7.95. The number of aliphatic hydroxyl groups excluding tert-OH is 1. The highest BCUT2D eigenvalue weighted by Gasteiger charge is 1.78. The van der Waals surface area contributed by atoms with Crippen molar-refractivity contribution in [2.24, 2.45) is 4.99 Å². The second-order valence-corrected chi connectivity index (χ2v) is 1.68. The van der Waals surface area contributed by atoms with Crippen molar-refractivity contribution < 1.29 is 5.11 Å². The third-order valence-corrected chi connectivity index (χ3v) is 0.835. The molecule has 0 bridgehead atoms. The number of allylic oxidation sites excluding steroid dienone is 3. The van der Waals surface area contributed by atoms with E-state index < -0.39 is 0 Å². The highest BCUT2D eigenvalue weighted by atomic mass is 16.3. The third kappa shape index (κ3) is 4.81. The molecule has 0 aromatic carbocycles.